The number of aliphatic hydroxyl groups is 1. The van der Waals surface area contributed by atoms with Crippen LogP contribution in [0.2, 0.25) is 0 Å². The van der Waals surface area contributed by atoms with E-state index < -0.39 is 20.0 Å². The van der Waals surface area contributed by atoms with Crippen LogP contribution in [0, 0.1) is 0 Å². The lowest BCUT2D eigenvalue weighted by Crippen LogP contribution is -2.45. The van der Waals surface area contributed by atoms with Crippen molar-refractivity contribution in [2.24, 2.45) is 0 Å². The molecule has 0 aromatic rings. The van der Waals surface area contributed by atoms with E-state index in [0.29, 0.717) is 17.4 Å². The molecule has 0 aromatic carbocycles. The number of quaternary nitrogens is 1. The molecule has 0 saturated heterocycles. The molecule has 8 nitrogen and oxygen atoms in total. The zero-order valence-corrected chi connectivity index (χ0v) is 59.5. The van der Waals surface area contributed by atoms with Crippen LogP contribution in [0.5, 0.6) is 0 Å². The van der Waals surface area contributed by atoms with Gasteiger partial charge in [0, 0.05) is 6.42 Å². The number of allylic oxidation sites excluding steroid dienone is 21. The minimum atomic E-state index is -4.37. The number of hydrogen-bond donors (Lipinski definition) is 3. The lowest BCUT2D eigenvalue weighted by molar-refractivity contribution is -0.870. The Morgan fingerprint density at radius 1 is 0.393 bits per heavy atom. The van der Waals surface area contributed by atoms with Crippen LogP contribution in [-0.2, 0) is 18.4 Å². The van der Waals surface area contributed by atoms with Crippen molar-refractivity contribution in [3.05, 3.63) is 134 Å². The Kier molecular flexibility index (Phi) is 66.4. The summed E-state index contributed by atoms with van der Waals surface area (Å²) in [6.45, 7) is 4.72. The number of hydrogen-bond acceptors (Lipinski definition) is 5. The van der Waals surface area contributed by atoms with Gasteiger partial charge in [0.05, 0.1) is 39.9 Å². The fourth-order valence-electron chi connectivity index (χ4n) is 10.4. The van der Waals surface area contributed by atoms with Gasteiger partial charge < -0.3 is 19.8 Å². The number of phosphoric ester groups is 1. The summed E-state index contributed by atoms with van der Waals surface area (Å²) in [6, 6.07) is -0.862. The van der Waals surface area contributed by atoms with Gasteiger partial charge in [-0.3, -0.25) is 13.8 Å². The van der Waals surface area contributed by atoms with E-state index in [1.165, 1.54) is 180 Å². The van der Waals surface area contributed by atoms with Crippen LogP contribution in [0.4, 0.5) is 0 Å². The zero-order chi connectivity index (χ0) is 64.8. The van der Waals surface area contributed by atoms with Crippen LogP contribution in [0.1, 0.15) is 316 Å². The van der Waals surface area contributed by atoms with E-state index in [2.05, 4.69) is 141 Å². The molecule has 0 fully saturated rings. The van der Waals surface area contributed by atoms with Crippen LogP contribution in [-0.4, -0.2) is 73.4 Å². The topological polar surface area (TPSA) is 105 Å². The third kappa shape index (κ3) is 71.9. The van der Waals surface area contributed by atoms with E-state index in [9.17, 15) is 19.4 Å². The highest BCUT2D eigenvalue weighted by molar-refractivity contribution is 7.47. The Morgan fingerprint density at radius 3 is 0.989 bits per heavy atom. The first kappa shape index (κ1) is 85.6. The second-order valence-electron chi connectivity index (χ2n) is 25.9. The molecular formula is C80H142N2O6P+. The molecule has 0 heterocycles. The maximum absolute atomic E-state index is 13.1. The van der Waals surface area contributed by atoms with Gasteiger partial charge in [-0.05, 0) is 96.3 Å². The molecule has 0 saturated carbocycles. The fourth-order valence-corrected chi connectivity index (χ4v) is 11.2. The van der Waals surface area contributed by atoms with Gasteiger partial charge in [-0.2, -0.15) is 0 Å². The molecule has 0 aromatic heterocycles. The molecule has 89 heavy (non-hydrogen) atoms. The average Bonchev–Trinajstić information content (AvgIpc) is 3.55. The van der Waals surface area contributed by atoms with Crippen molar-refractivity contribution >= 4 is 13.7 Å². The summed E-state index contributed by atoms with van der Waals surface area (Å²) in [6.07, 6.45) is 105. The highest BCUT2D eigenvalue weighted by Crippen LogP contribution is 2.43. The number of nitrogens with zero attached hydrogens (tertiary/aromatic N) is 1. The monoisotopic (exact) mass is 1260 g/mol. The van der Waals surface area contributed by atoms with Crippen LogP contribution < -0.4 is 5.32 Å². The van der Waals surface area contributed by atoms with Crippen molar-refractivity contribution in [3.63, 3.8) is 0 Å². The third-order valence-corrected chi connectivity index (χ3v) is 17.1. The number of carbonyl (C=O) groups excluding carboxylic acids is 1. The molecule has 9 heteroatoms. The lowest BCUT2D eigenvalue weighted by Gasteiger charge is -2.25. The van der Waals surface area contributed by atoms with Gasteiger partial charge in [0.1, 0.15) is 13.2 Å². The molecule has 0 spiro atoms. The first-order chi connectivity index (χ1) is 43.5. The minimum absolute atomic E-state index is 0.0541. The molecule has 3 N–H and O–H groups in total. The first-order valence-corrected chi connectivity index (χ1v) is 38.6. The number of unbranched alkanes of at least 4 members (excludes halogenated alkanes) is 34. The van der Waals surface area contributed by atoms with E-state index in [-0.39, 0.29) is 19.1 Å². The van der Waals surface area contributed by atoms with E-state index >= 15 is 0 Å². The van der Waals surface area contributed by atoms with Gasteiger partial charge in [-0.25, -0.2) is 4.57 Å². The van der Waals surface area contributed by atoms with Crippen LogP contribution in [0.3, 0.4) is 0 Å². The number of carbonyl (C=O) groups is 1. The van der Waals surface area contributed by atoms with E-state index in [1.807, 2.05) is 27.2 Å². The summed E-state index contributed by atoms with van der Waals surface area (Å²) in [7, 11) is 1.56. The van der Waals surface area contributed by atoms with Crippen LogP contribution in [0.25, 0.3) is 0 Å². The Bertz CT molecular complexity index is 1920. The number of amides is 1. The number of rotatable bonds is 67. The van der Waals surface area contributed by atoms with E-state index in [0.717, 1.165) is 116 Å². The van der Waals surface area contributed by atoms with E-state index in [1.54, 1.807) is 6.08 Å². The molecule has 1 amide bonds. The third-order valence-electron chi connectivity index (χ3n) is 16.1. The molecule has 0 aliphatic carbocycles. The lowest BCUT2D eigenvalue weighted by atomic mass is 10.0. The Labute approximate surface area is 551 Å². The summed E-state index contributed by atoms with van der Waals surface area (Å²) >= 11 is 0. The summed E-state index contributed by atoms with van der Waals surface area (Å²) in [5, 5.41) is 14.0. The van der Waals surface area contributed by atoms with Crippen LogP contribution >= 0.6 is 7.82 Å². The summed E-state index contributed by atoms with van der Waals surface area (Å²) in [5.41, 5.74) is 0. The first-order valence-electron chi connectivity index (χ1n) is 37.1. The summed E-state index contributed by atoms with van der Waals surface area (Å²) in [4.78, 5) is 23.5. The van der Waals surface area contributed by atoms with Gasteiger partial charge in [0.2, 0.25) is 5.91 Å². The van der Waals surface area contributed by atoms with Crippen molar-refractivity contribution in [1.82, 2.24) is 5.32 Å². The average molecular weight is 1260 g/mol. The molecule has 0 rings (SSSR count). The quantitative estimate of drug-likeness (QED) is 0.0243. The SMILES string of the molecule is CC/C=C\C/C=C\C/C=C\C/C=C\C/C=C\C/C=C\C/C=C\C/C=C\C/C=C\C/C=C\CCCCCCCCCCC(=O)NC(COP(=O)(O)OCC[N+](C)(C)C)C(O)/C=C/CCCCCCCCCCCCCCCCCCCCCCCCCCCC. The number of aliphatic hydroxyl groups excluding tert-OH is 1. The second kappa shape index (κ2) is 69.0. The van der Waals surface area contributed by atoms with E-state index in [4.69, 9.17) is 9.05 Å². The van der Waals surface area contributed by atoms with Crippen molar-refractivity contribution in [1.29, 1.82) is 0 Å². The van der Waals surface area contributed by atoms with Gasteiger partial charge in [-0.15, -0.1) is 0 Å². The second-order valence-corrected chi connectivity index (χ2v) is 27.4. The van der Waals surface area contributed by atoms with Crippen molar-refractivity contribution in [2.75, 3.05) is 40.9 Å². The van der Waals surface area contributed by atoms with Gasteiger partial charge >= 0.3 is 7.82 Å². The maximum atomic E-state index is 13.1. The van der Waals surface area contributed by atoms with Crippen molar-refractivity contribution in [3.8, 4) is 0 Å². The molecule has 3 unspecified atom stereocenters. The van der Waals surface area contributed by atoms with Gasteiger partial charge in [0.25, 0.3) is 0 Å². The smallest absolute Gasteiger partial charge is 0.387 e. The number of likely N-dealkylation sites (N-methyl/N-ethyl adjacent to an activating group) is 1. The Morgan fingerprint density at radius 2 is 0.674 bits per heavy atom. The Balaban J connectivity index is 4.13. The molecule has 0 aliphatic heterocycles. The number of phosphoric acid groups is 1. The predicted molar refractivity (Wildman–Crippen MR) is 391 cm³/mol. The fraction of sp³-hybridized carbons (Fsp3) is 0.713. The summed E-state index contributed by atoms with van der Waals surface area (Å²) in [5.74, 6) is -0.187. The van der Waals surface area contributed by atoms with Gasteiger partial charge in [-0.1, -0.05) is 347 Å². The molecule has 0 radical (unpaired) electrons. The van der Waals surface area contributed by atoms with Crippen molar-refractivity contribution < 1.29 is 32.9 Å². The predicted octanol–water partition coefficient (Wildman–Crippen LogP) is 24.2. The normalized spacial score (nSPS) is 14.4. The highest BCUT2D eigenvalue weighted by atomic mass is 31.2. The summed E-state index contributed by atoms with van der Waals surface area (Å²) < 4.78 is 23.8. The van der Waals surface area contributed by atoms with Gasteiger partial charge in [0.15, 0.2) is 0 Å². The minimum Gasteiger partial charge on any atom is -0.387 e. The largest absolute Gasteiger partial charge is 0.472 e. The standard InChI is InChI=1S/C80H141N2O6P/c1-6-8-10-12-14-16-18-20-22-24-26-28-30-32-34-36-37-38-39-40-41-42-43-44-45-46-48-50-52-54-56-58-60-62-64-66-68-70-72-74-80(84)81-78(77-88-89(85,86)87-76-75-82(3,4)5)79(83)73-71-69-67-65-63-61-59-57-55-53-51-49-47-35-33-31-29-27-25-23-21-19-17-15-13-11-9-7-2/h8,10,14,16,20,22,26,28,32,34,37-38,40-41,43-44,46,48,52,54,71,73,78-79,83H,6-7,9,11-13,15,17-19,21,23-25,27,29-31,33,35-36,39,42,45,47,49-51,53,55-70,72,74-77H2,1-5H3,(H-,81,84,85,86)/p+1/b10-8-,16-14-,22-20-,28-26-,34-32-,38-37-,41-40-,44-43-,48-46-,54-52-,73-71+. The molecule has 0 bridgehead atoms. The highest BCUT2D eigenvalue weighted by Gasteiger charge is 2.28. The molecule has 3 atom stereocenters. The Hall–Kier alpha value is -3.36. The van der Waals surface area contributed by atoms with Crippen LogP contribution in [0.15, 0.2) is 134 Å². The maximum Gasteiger partial charge on any atom is 0.472 e. The molecule has 0 aliphatic rings. The molecule has 512 valence electrons. The van der Waals surface area contributed by atoms with Crippen molar-refractivity contribution in [2.45, 2.75) is 328 Å². The molecular weight excluding hydrogens is 1120 g/mol. The number of nitrogens with one attached hydrogen (secondary N) is 1. The zero-order valence-electron chi connectivity index (χ0n) is 58.6.